The van der Waals surface area contributed by atoms with Gasteiger partial charge in [-0.25, -0.2) is 4.57 Å². The van der Waals surface area contributed by atoms with Crippen LogP contribution in [0.2, 0.25) is 0 Å². The van der Waals surface area contributed by atoms with Gasteiger partial charge in [-0.15, -0.1) is 0 Å². The molecular weight excluding hydrogens is 262 g/mol. The Balaban J connectivity index is 3.97. The molecule has 0 aliphatic rings. The van der Waals surface area contributed by atoms with E-state index < -0.39 is 7.82 Å². The molecule has 0 aromatic rings. The third kappa shape index (κ3) is 8.12. The molecule has 1 atom stereocenters. The highest BCUT2D eigenvalue weighted by Gasteiger charge is 2.24. The number of halogens is 2. The lowest BCUT2D eigenvalue weighted by Gasteiger charge is -2.13. The van der Waals surface area contributed by atoms with E-state index in [0.717, 1.165) is 25.5 Å². The summed E-state index contributed by atoms with van der Waals surface area (Å²) in [5, 5.41) is 0. The summed E-state index contributed by atoms with van der Waals surface area (Å²) in [6.07, 6.45) is 3.77. The zero-order valence-electron chi connectivity index (χ0n) is 8.74. The fourth-order valence-electron chi connectivity index (χ4n) is 0.759. The first-order valence-electron chi connectivity index (χ1n) is 4.54. The van der Waals surface area contributed by atoms with Gasteiger partial charge in [0.2, 0.25) is 0 Å². The molecule has 0 fully saturated rings. The van der Waals surface area contributed by atoms with Gasteiger partial charge in [-0.2, -0.15) is 0 Å². The molecule has 0 rings (SSSR count). The molecule has 0 aromatic carbocycles. The molecule has 0 aromatic heterocycles. The Morgan fingerprint density at radius 3 is 2.53 bits per heavy atom. The highest BCUT2D eigenvalue weighted by atomic mass is 35.5. The smallest absolute Gasteiger partial charge is 0.409 e. The van der Waals surface area contributed by atoms with Crippen molar-refractivity contribution in [3.05, 3.63) is 10.8 Å². The molecule has 0 aliphatic heterocycles. The topological polar surface area (TPSA) is 44.8 Å². The Morgan fingerprint density at radius 2 is 2.07 bits per heavy atom. The van der Waals surface area contributed by atoms with Crippen molar-refractivity contribution in [3.8, 4) is 0 Å². The number of rotatable bonds is 8. The summed E-state index contributed by atoms with van der Waals surface area (Å²) >= 11 is 10.6. The minimum atomic E-state index is -3.54. The average Bonchev–Trinajstić information content (AvgIpc) is 2.22. The first-order valence-corrected chi connectivity index (χ1v) is 6.75. The summed E-state index contributed by atoms with van der Waals surface area (Å²) in [4.78, 5) is 0. The van der Waals surface area contributed by atoms with Crippen LogP contribution in [0.1, 0.15) is 26.2 Å². The summed E-state index contributed by atoms with van der Waals surface area (Å²) < 4.78 is 25.8. The maximum Gasteiger partial charge on any atom is 0.529 e. The van der Waals surface area contributed by atoms with Gasteiger partial charge in [0.1, 0.15) is 10.8 Å². The molecule has 0 saturated heterocycles. The van der Waals surface area contributed by atoms with Crippen molar-refractivity contribution < 1.29 is 18.1 Å². The highest BCUT2D eigenvalue weighted by molar-refractivity contribution is 7.48. The van der Waals surface area contributed by atoms with Crippen LogP contribution in [0.25, 0.3) is 0 Å². The van der Waals surface area contributed by atoms with Gasteiger partial charge in [0.25, 0.3) is 0 Å². The molecule has 1 unspecified atom stereocenters. The molecule has 0 N–H and O–H groups in total. The van der Waals surface area contributed by atoms with Crippen LogP contribution in [-0.4, -0.2) is 13.7 Å². The van der Waals surface area contributed by atoms with E-state index in [2.05, 4.69) is 11.4 Å². The molecule has 7 heteroatoms. The van der Waals surface area contributed by atoms with Crippen LogP contribution in [-0.2, 0) is 18.1 Å². The van der Waals surface area contributed by atoms with Crippen LogP contribution in [0.4, 0.5) is 0 Å². The van der Waals surface area contributed by atoms with E-state index in [9.17, 15) is 4.57 Å². The van der Waals surface area contributed by atoms with Crippen LogP contribution < -0.4 is 0 Å². The van der Waals surface area contributed by atoms with Gasteiger partial charge in [0.05, 0.1) is 6.61 Å². The summed E-state index contributed by atoms with van der Waals surface area (Å²) in [5.41, 5.74) is 0. The van der Waals surface area contributed by atoms with E-state index in [0.29, 0.717) is 6.61 Å². The molecule has 0 spiro atoms. The SMILES string of the molecule is CCCCCOP(=O)(OC)OC=C(Cl)Cl. The van der Waals surface area contributed by atoms with Crippen LogP contribution in [0.3, 0.4) is 0 Å². The second kappa shape index (κ2) is 8.43. The van der Waals surface area contributed by atoms with Crippen LogP contribution in [0.15, 0.2) is 10.8 Å². The lowest BCUT2D eigenvalue weighted by atomic mass is 10.3. The minimum absolute atomic E-state index is 0.149. The van der Waals surface area contributed by atoms with Crippen molar-refractivity contribution in [2.75, 3.05) is 13.7 Å². The predicted octanol–water partition coefficient (Wildman–Crippen LogP) is 4.24. The summed E-state index contributed by atoms with van der Waals surface area (Å²) in [7, 11) is -2.31. The number of unbranched alkanes of at least 4 members (excludes halogenated alkanes) is 2. The molecular formula is C8H15Cl2O4P. The van der Waals surface area contributed by atoms with Crippen molar-refractivity contribution in [2.45, 2.75) is 26.2 Å². The van der Waals surface area contributed by atoms with E-state index in [1.807, 2.05) is 0 Å². The van der Waals surface area contributed by atoms with Crippen molar-refractivity contribution in [2.24, 2.45) is 0 Å². The number of hydrogen-bond acceptors (Lipinski definition) is 4. The normalized spacial score (nSPS) is 14.4. The molecule has 15 heavy (non-hydrogen) atoms. The first kappa shape index (κ1) is 15.3. The molecule has 0 bridgehead atoms. The molecule has 0 saturated carbocycles. The zero-order valence-corrected chi connectivity index (χ0v) is 11.1. The third-order valence-electron chi connectivity index (χ3n) is 1.49. The van der Waals surface area contributed by atoms with Crippen molar-refractivity contribution in [3.63, 3.8) is 0 Å². The first-order chi connectivity index (χ1) is 7.04. The molecule has 0 heterocycles. The van der Waals surface area contributed by atoms with Crippen LogP contribution >= 0.6 is 31.0 Å². The Bertz CT molecular complexity index is 241. The zero-order chi connectivity index (χ0) is 11.7. The Morgan fingerprint density at radius 1 is 1.40 bits per heavy atom. The van der Waals surface area contributed by atoms with E-state index in [4.69, 9.17) is 32.2 Å². The van der Waals surface area contributed by atoms with Gasteiger partial charge in [-0.05, 0) is 6.42 Å². The third-order valence-corrected chi connectivity index (χ3v) is 2.98. The van der Waals surface area contributed by atoms with Gasteiger partial charge in [0, 0.05) is 7.11 Å². The van der Waals surface area contributed by atoms with Gasteiger partial charge in [-0.1, -0.05) is 43.0 Å². The fraction of sp³-hybridized carbons (Fsp3) is 0.750. The van der Waals surface area contributed by atoms with Crippen LogP contribution in [0.5, 0.6) is 0 Å². The summed E-state index contributed by atoms with van der Waals surface area (Å²) in [5.74, 6) is 0. The van der Waals surface area contributed by atoms with Crippen molar-refractivity contribution in [1.29, 1.82) is 0 Å². The van der Waals surface area contributed by atoms with Gasteiger partial charge in [0.15, 0.2) is 0 Å². The van der Waals surface area contributed by atoms with E-state index in [1.165, 1.54) is 7.11 Å². The van der Waals surface area contributed by atoms with E-state index in [1.54, 1.807) is 0 Å². The second-order valence-corrected chi connectivity index (χ2v) is 5.42. The maximum absolute atomic E-state index is 11.6. The maximum atomic E-state index is 11.6. The number of hydrogen-bond donors (Lipinski definition) is 0. The van der Waals surface area contributed by atoms with Gasteiger partial charge >= 0.3 is 7.82 Å². The van der Waals surface area contributed by atoms with Crippen LogP contribution in [0, 0.1) is 0 Å². The average molecular weight is 277 g/mol. The number of phosphoric acid groups is 1. The molecule has 0 aliphatic carbocycles. The van der Waals surface area contributed by atoms with Gasteiger partial charge in [-0.3, -0.25) is 9.05 Å². The second-order valence-electron chi connectivity index (χ2n) is 2.68. The number of phosphoric ester groups is 1. The van der Waals surface area contributed by atoms with Crippen molar-refractivity contribution >= 4 is 31.0 Å². The molecule has 90 valence electrons. The lowest BCUT2D eigenvalue weighted by Crippen LogP contribution is -1.96. The Kier molecular flexibility index (Phi) is 8.58. The standard InChI is InChI=1S/C8H15Cl2O4P/c1-3-4-5-6-13-15(11,12-2)14-7-8(9)10/h7H,3-6H2,1-2H3. The molecule has 0 amide bonds. The fourth-order valence-corrected chi connectivity index (χ4v) is 1.81. The lowest BCUT2D eigenvalue weighted by molar-refractivity contribution is 0.162. The quantitative estimate of drug-likeness (QED) is 0.378. The summed E-state index contributed by atoms with van der Waals surface area (Å²) in [6.45, 7) is 2.37. The molecule has 0 radical (unpaired) electrons. The Labute approximate surface area is 100 Å². The van der Waals surface area contributed by atoms with E-state index >= 15 is 0 Å². The summed E-state index contributed by atoms with van der Waals surface area (Å²) in [6, 6.07) is 0. The van der Waals surface area contributed by atoms with Crippen molar-refractivity contribution in [1.82, 2.24) is 0 Å². The minimum Gasteiger partial charge on any atom is -0.409 e. The van der Waals surface area contributed by atoms with E-state index in [-0.39, 0.29) is 4.49 Å². The van der Waals surface area contributed by atoms with Gasteiger partial charge < -0.3 is 4.52 Å². The highest BCUT2D eigenvalue weighted by Crippen LogP contribution is 2.49. The Hall–Kier alpha value is 0.270. The predicted molar refractivity (Wildman–Crippen MR) is 61.0 cm³/mol. The monoisotopic (exact) mass is 276 g/mol. The largest absolute Gasteiger partial charge is 0.529 e. The molecule has 4 nitrogen and oxygen atoms in total.